The van der Waals surface area contributed by atoms with Crippen LogP contribution in [0.3, 0.4) is 0 Å². The summed E-state index contributed by atoms with van der Waals surface area (Å²) in [5.41, 5.74) is 1.63. The third kappa shape index (κ3) is 3.51. The van der Waals surface area contributed by atoms with E-state index in [0.29, 0.717) is 10.0 Å². The van der Waals surface area contributed by atoms with Gasteiger partial charge in [-0.25, -0.2) is 4.98 Å². The molecule has 7 heteroatoms. The Bertz CT molecular complexity index is 587. The number of thiazole rings is 1. The van der Waals surface area contributed by atoms with Gasteiger partial charge in [0.05, 0.1) is 9.93 Å². The first-order chi connectivity index (χ1) is 9.08. The number of hydrogen-bond donors (Lipinski definition) is 1. The quantitative estimate of drug-likeness (QED) is 0.663. The molecule has 0 atom stereocenters. The van der Waals surface area contributed by atoms with Crippen LogP contribution in [-0.2, 0) is 6.42 Å². The number of aryl methyl sites for hydroxylation is 1. The Morgan fingerprint density at radius 2 is 2.32 bits per heavy atom. The van der Waals surface area contributed by atoms with Gasteiger partial charge in [-0.05, 0) is 28.9 Å². The van der Waals surface area contributed by atoms with E-state index in [1.54, 1.807) is 30.5 Å². The highest BCUT2D eigenvalue weighted by molar-refractivity contribution is 9.10. The van der Waals surface area contributed by atoms with Gasteiger partial charge in [-0.15, -0.1) is 11.3 Å². The van der Waals surface area contributed by atoms with Crippen LogP contribution in [0.25, 0.3) is 0 Å². The van der Waals surface area contributed by atoms with Crippen LogP contribution in [0.2, 0.25) is 0 Å². The van der Waals surface area contributed by atoms with Gasteiger partial charge >= 0.3 is 0 Å². The van der Waals surface area contributed by atoms with Crippen molar-refractivity contribution in [2.45, 2.75) is 13.3 Å². The average Bonchev–Trinajstić information content (AvgIpc) is 2.85. The molecule has 0 radical (unpaired) electrons. The molecule has 0 aliphatic carbocycles. The zero-order chi connectivity index (χ0) is 13.8. The van der Waals surface area contributed by atoms with E-state index in [1.165, 1.54) is 6.07 Å². The normalized spacial score (nSPS) is 10.4. The van der Waals surface area contributed by atoms with Crippen LogP contribution < -0.4 is 5.32 Å². The molecule has 100 valence electrons. The fourth-order valence-electron chi connectivity index (χ4n) is 1.68. The predicted molar refractivity (Wildman–Crippen MR) is 79.8 cm³/mol. The fourth-order valence-corrected chi connectivity index (χ4v) is 2.78. The second-order valence-electron chi connectivity index (χ2n) is 3.98. The third-order valence-electron chi connectivity index (χ3n) is 2.62. The minimum atomic E-state index is -0.376. The number of aromatic nitrogens is 1. The van der Waals surface area contributed by atoms with E-state index >= 15 is 0 Å². The summed E-state index contributed by atoms with van der Waals surface area (Å²) in [6, 6.07) is 3.31. The van der Waals surface area contributed by atoms with Crippen LogP contribution in [0.1, 0.15) is 10.6 Å². The van der Waals surface area contributed by atoms with E-state index in [0.717, 1.165) is 23.7 Å². The largest absolute Gasteiger partial charge is 0.384 e. The second-order valence-corrected chi connectivity index (χ2v) is 5.81. The molecule has 0 saturated carbocycles. The van der Waals surface area contributed by atoms with Gasteiger partial charge in [0.2, 0.25) is 0 Å². The number of nitrogens with one attached hydrogen (secondary N) is 1. The molecule has 0 saturated heterocycles. The van der Waals surface area contributed by atoms with Crippen molar-refractivity contribution in [3.63, 3.8) is 0 Å². The second kappa shape index (κ2) is 6.12. The third-order valence-corrected chi connectivity index (χ3v) is 4.12. The Morgan fingerprint density at radius 3 is 2.95 bits per heavy atom. The van der Waals surface area contributed by atoms with Gasteiger partial charge in [0.1, 0.15) is 0 Å². The van der Waals surface area contributed by atoms with E-state index in [1.807, 2.05) is 5.38 Å². The van der Waals surface area contributed by atoms with Crippen molar-refractivity contribution in [3.8, 4) is 0 Å². The number of rotatable bonds is 5. The molecule has 1 aromatic carbocycles. The minimum absolute atomic E-state index is 0.123. The Labute approximate surface area is 123 Å². The molecular formula is C12H12BrN3O2S. The van der Waals surface area contributed by atoms with E-state index in [-0.39, 0.29) is 10.6 Å². The number of nitro benzene ring substituents is 1. The van der Waals surface area contributed by atoms with Crippen LogP contribution in [0, 0.1) is 17.0 Å². The molecule has 19 heavy (non-hydrogen) atoms. The first-order valence-corrected chi connectivity index (χ1v) is 7.32. The highest BCUT2D eigenvalue weighted by Crippen LogP contribution is 2.30. The van der Waals surface area contributed by atoms with Crippen LogP contribution in [0.4, 0.5) is 11.4 Å². The van der Waals surface area contributed by atoms with Gasteiger partial charge in [0.25, 0.3) is 5.69 Å². The Balaban J connectivity index is 2.04. The van der Waals surface area contributed by atoms with E-state index in [4.69, 9.17) is 0 Å². The zero-order valence-corrected chi connectivity index (χ0v) is 12.6. The summed E-state index contributed by atoms with van der Waals surface area (Å²) in [4.78, 5) is 14.6. The van der Waals surface area contributed by atoms with Gasteiger partial charge in [-0.1, -0.05) is 0 Å². The summed E-state index contributed by atoms with van der Waals surface area (Å²) >= 11 is 4.97. The molecule has 5 nitrogen and oxygen atoms in total. The van der Waals surface area contributed by atoms with Crippen molar-refractivity contribution in [3.05, 3.63) is 48.9 Å². The van der Waals surface area contributed by atoms with Crippen molar-refractivity contribution < 1.29 is 4.92 Å². The molecule has 0 fully saturated rings. The SMILES string of the molecule is Cc1cc(NCCc2nccs2)c(Br)cc1[N+](=O)[O-]. The van der Waals surface area contributed by atoms with Crippen molar-refractivity contribution in [1.29, 1.82) is 0 Å². The maximum absolute atomic E-state index is 10.8. The zero-order valence-electron chi connectivity index (χ0n) is 10.2. The average molecular weight is 342 g/mol. The smallest absolute Gasteiger partial charge is 0.273 e. The summed E-state index contributed by atoms with van der Waals surface area (Å²) in [7, 11) is 0. The summed E-state index contributed by atoms with van der Waals surface area (Å²) in [6.45, 7) is 2.47. The predicted octanol–water partition coefficient (Wildman–Crippen LogP) is 3.78. The number of halogens is 1. The minimum Gasteiger partial charge on any atom is -0.384 e. The van der Waals surface area contributed by atoms with Crippen molar-refractivity contribution >= 4 is 38.6 Å². The maximum atomic E-state index is 10.8. The molecule has 2 rings (SSSR count). The van der Waals surface area contributed by atoms with Crippen LogP contribution in [0.15, 0.2) is 28.2 Å². The van der Waals surface area contributed by atoms with Crippen LogP contribution in [0.5, 0.6) is 0 Å². The van der Waals surface area contributed by atoms with Crippen molar-refractivity contribution in [2.75, 3.05) is 11.9 Å². The van der Waals surface area contributed by atoms with Gasteiger partial charge in [-0.3, -0.25) is 10.1 Å². The molecule has 2 aromatic rings. The van der Waals surface area contributed by atoms with Gasteiger partial charge in [0.15, 0.2) is 0 Å². The molecule has 1 aromatic heterocycles. The first-order valence-electron chi connectivity index (χ1n) is 5.64. The van der Waals surface area contributed by atoms with E-state index in [9.17, 15) is 10.1 Å². The van der Waals surface area contributed by atoms with E-state index in [2.05, 4.69) is 26.2 Å². The summed E-state index contributed by atoms with van der Waals surface area (Å²) in [5, 5.41) is 17.1. The topological polar surface area (TPSA) is 68.1 Å². The first kappa shape index (κ1) is 14.0. The molecule has 0 unspecified atom stereocenters. The monoisotopic (exact) mass is 341 g/mol. The molecule has 1 N–H and O–H groups in total. The molecule has 1 heterocycles. The summed E-state index contributed by atoms with van der Waals surface area (Å²) in [6.07, 6.45) is 2.62. The highest BCUT2D eigenvalue weighted by Gasteiger charge is 2.13. The Morgan fingerprint density at radius 1 is 1.53 bits per heavy atom. The Kier molecular flexibility index (Phi) is 4.49. The summed E-state index contributed by atoms with van der Waals surface area (Å²) in [5.74, 6) is 0. The number of nitrogens with zero attached hydrogens (tertiary/aromatic N) is 2. The lowest BCUT2D eigenvalue weighted by Gasteiger charge is -2.09. The fraction of sp³-hybridized carbons (Fsp3) is 0.250. The van der Waals surface area contributed by atoms with Crippen molar-refractivity contribution in [1.82, 2.24) is 4.98 Å². The lowest BCUT2D eigenvalue weighted by Crippen LogP contribution is -2.06. The number of nitro groups is 1. The number of anilines is 1. The molecule has 0 spiro atoms. The molecular weight excluding hydrogens is 330 g/mol. The Hall–Kier alpha value is -1.47. The number of hydrogen-bond acceptors (Lipinski definition) is 5. The van der Waals surface area contributed by atoms with Gasteiger partial charge in [0, 0.05) is 46.3 Å². The molecule has 0 aliphatic rings. The van der Waals surface area contributed by atoms with Crippen LogP contribution >= 0.6 is 27.3 Å². The molecule has 0 amide bonds. The lowest BCUT2D eigenvalue weighted by atomic mass is 10.2. The van der Waals surface area contributed by atoms with E-state index < -0.39 is 0 Å². The van der Waals surface area contributed by atoms with Crippen LogP contribution in [-0.4, -0.2) is 16.5 Å². The maximum Gasteiger partial charge on any atom is 0.273 e. The lowest BCUT2D eigenvalue weighted by molar-refractivity contribution is -0.385. The molecule has 0 aliphatic heterocycles. The van der Waals surface area contributed by atoms with Gasteiger partial charge < -0.3 is 5.32 Å². The van der Waals surface area contributed by atoms with Crippen molar-refractivity contribution in [2.24, 2.45) is 0 Å². The highest BCUT2D eigenvalue weighted by atomic mass is 79.9. The van der Waals surface area contributed by atoms with Gasteiger partial charge in [-0.2, -0.15) is 0 Å². The summed E-state index contributed by atoms with van der Waals surface area (Å²) < 4.78 is 0.698. The standard InChI is InChI=1S/C12H12BrN3O2S/c1-8-6-10(9(13)7-11(8)16(17)18)14-3-2-12-15-4-5-19-12/h4-7,14H,2-3H2,1H3. The number of benzene rings is 1. The molecule has 0 bridgehead atoms.